The summed E-state index contributed by atoms with van der Waals surface area (Å²) in [4.78, 5) is 2.80. The van der Waals surface area contributed by atoms with Gasteiger partial charge in [-0.1, -0.05) is 0 Å². The van der Waals surface area contributed by atoms with Gasteiger partial charge in [-0.15, -0.1) is 5.11 Å². The minimum absolute atomic E-state index is 0.545. The molecule has 0 aliphatic carbocycles. The van der Waals surface area contributed by atoms with Crippen LogP contribution in [0.1, 0.15) is 0 Å². The Kier molecular flexibility index (Phi) is 0.887. The molecule has 0 saturated carbocycles. The van der Waals surface area contributed by atoms with Crippen LogP contribution in [0.4, 0.5) is 5.82 Å². The fourth-order valence-electron chi connectivity index (χ4n) is 0.933. The third-order valence-electron chi connectivity index (χ3n) is 1.40. The van der Waals surface area contributed by atoms with Crippen LogP contribution in [0.25, 0.3) is 11.0 Å². The van der Waals surface area contributed by atoms with E-state index in [0.29, 0.717) is 5.82 Å². The summed E-state index contributed by atoms with van der Waals surface area (Å²) in [5.74, 6) is 0.545. The molecule has 0 amide bonds. The number of H-pyrrole nitrogens is 1. The van der Waals surface area contributed by atoms with Crippen molar-refractivity contribution in [2.45, 2.75) is 0 Å². The van der Waals surface area contributed by atoms with E-state index in [9.17, 15) is 0 Å². The van der Waals surface area contributed by atoms with Crippen molar-refractivity contribution in [3.63, 3.8) is 0 Å². The predicted molar refractivity (Wildman–Crippen MR) is 35.4 cm³/mol. The molecule has 2 N–H and O–H groups in total. The summed E-state index contributed by atoms with van der Waals surface area (Å²) in [6.45, 7) is 0. The molecule has 0 bridgehead atoms. The van der Waals surface area contributed by atoms with E-state index in [2.05, 4.69) is 10.1 Å². The second-order valence-electron chi connectivity index (χ2n) is 1.95. The molecule has 0 saturated heterocycles. The zero-order valence-electron chi connectivity index (χ0n) is 5.09. The number of furan rings is 1. The topological polar surface area (TPSA) is 65.1 Å². The Morgan fingerprint density at radius 1 is 1.60 bits per heavy atom. The number of hydrogen-bond donors (Lipinski definition) is 2. The van der Waals surface area contributed by atoms with Crippen LogP contribution in [-0.4, -0.2) is 4.98 Å². The molecule has 0 aliphatic rings. The Morgan fingerprint density at radius 2 is 2.50 bits per heavy atom. The van der Waals surface area contributed by atoms with Gasteiger partial charge in [-0.25, -0.2) is 5.53 Å². The van der Waals surface area contributed by atoms with Crippen molar-refractivity contribution < 1.29 is 4.42 Å². The maximum Gasteiger partial charge on any atom is 0.163 e. The van der Waals surface area contributed by atoms with Crippen molar-refractivity contribution >= 4 is 16.8 Å². The fourth-order valence-corrected chi connectivity index (χ4v) is 0.933. The van der Waals surface area contributed by atoms with E-state index in [1.54, 1.807) is 18.5 Å². The van der Waals surface area contributed by atoms with E-state index < -0.39 is 0 Å². The third-order valence-corrected chi connectivity index (χ3v) is 1.40. The van der Waals surface area contributed by atoms with Gasteiger partial charge in [0, 0.05) is 6.20 Å². The first-order chi connectivity index (χ1) is 4.92. The molecule has 2 aromatic rings. The normalized spacial score (nSPS) is 10.4. The van der Waals surface area contributed by atoms with Crippen LogP contribution in [0.15, 0.2) is 28.1 Å². The van der Waals surface area contributed by atoms with Crippen LogP contribution >= 0.6 is 0 Å². The molecule has 4 nitrogen and oxygen atoms in total. The molecule has 0 atom stereocenters. The Bertz CT molecular complexity index is 360. The summed E-state index contributed by atoms with van der Waals surface area (Å²) in [5, 5.41) is 4.12. The fraction of sp³-hybridized carbons (Fsp3) is 0. The summed E-state index contributed by atoms with van der Waals surface area (Å²) >= 11 is 0. The summed E-state index contributed by atoms with van der Waals surface area (Å²) < 4.78 is 5.03. The molecule has 0 radical (unpaired) electrons. The van der Waals surface area contributed by atoms with Crippen LogP contribution in [0.5, 0.6) is 0 Å². The van der Waals surface area contributed by atoms with Crippen LogP contribution in [0, 0.1) is 5.53 Å². The van der Waals surface area contributed by atoms with E-state index in [-0.39, 0.29) is 0 Å². The van der Waals surface area contributed by atoms with Gasteiger partial charge in [0.15, 0.2) is 11.4 Å². The highest BCUT2D eigenvalue weighted by atomic mass is 16.3. The lowest BCUT2D eigenvalue weighted by Gasteiger charge is -1.77. The van der Waals surface area contributed by atoms with Crippen molar-refractivity contribution in [1.82, 2.24) is 4.98 Å². The van der Waals surface area contributed by atoms with Gasteiger partial charge < -0.3 is 9.40 Å². The van der Waals surface area contributed by atoms with E-state index >= 15 is 0 Å². The maximum atomic E-state index is 6.73. The molecule has 2 heterocycles. The van der Waals surface area contributed by atoms with Crippen molar-refractivity contribution in [3.05, 3.63) is 18.5 Å². The van der Waals surface area contributed by atoms with Gasteiger partial charge in [0.05, 0.1) is 11.6 Å². The van der Waals surface area contributed by atoms with Crippen LogP contribution in [0.2, 0.25) is 0 Å². The zero-order valence-corrected chi connectivity index (χ0v) is 5.09. The second-order valence-corrected chi connectivity index (χ2v) is 1.95. The monoisotopic (exact) mass is 135 g/mol. The summed E-state index contributed by atoms with van der Waals surface area (Å²) in [6, 6.07) is 1.78. The van der Waals surface area contributed by atoms with Crippen LogP contribution in [-0.2, 0) is 0 Å². The Balaban J connectivity index is 2.88. The Hall–Kier alpha value is -1.58. The number of nitrogens with one attached hydrogen (secondary N) is 2. The van der Waals surface area contributed by atoms with Gasteiger partial charge in [0.2, 0.25) is 0 Å². The molecular weight excluding hydrogens is 130 g/mol. The smallest absolute Gasteiger partial charge is 0.163 e. The first kappa shape index (κ1) is 5.22. The second kappa shape index (κ2) is 1.70. The number of fused-ring (bicyclic) bond motifs is 1. The maximum absolute atomic E-state index is 6.73. The number of aromatic amines is 1. The highest BCUT2D eigenvalue weighted by molar-refractivity contribution is 5.87. The lowest BCUT2D eigenvalue weighted by atomic mass is 10.4. The van der Waals surface area contributed by atoms with E-state index in [1.165, 1.54) is 0 Å². The molecular formula is C6H5N3O. The minimum Gasteiger partial charge on any atom is -0.463 e. The standard InChI is InChI=1S/C6H5N3O/c7-9-6-4-1-2-10-5(4)3-8-6/h1-3,7-8H. The van der Waals surface area contributed by atoms with Crippen molar-refractivity contribution in [2.75, 3.05) is 0 Å². The average Bonchev–Trinajstić information content (AvgIpc) is 2.44. The number of aromatic nitrogens is 1. The van der Waals surface area contributed by atoms with Gasteiger partial charge in [-0.2, -0.15) is 0 Å². The quantitative estimate of drug-likeness (QED) is 0.579. The molecule has 4 heteroatoms. The molecule has 2 aromatic heterocycles. The Labute approximate surface area is 56.4 Å². The Morgan fingerprint density at radius 3 is 3.30 bits per heavy atom. The number of nitrogens with zero attached hydrogens (tertiary/aromatic N) is 1. The van der Waals surface area contributed by atoms with Gasteiger partial charge in [-0.05, 0) is 6.07 Å². The zero-order chi connectivity index (χ0) is 6.97. The van der Waals surface area contributed by atoms with Crippen LogP contribution in [0.3, 0.4) is 0 Å². The highest BCUT2D eigenvalue weighted by Gasteiger charge is 2.02. The van der Waals surface area contributed by atoms with Crippen LogP contribution < -0.4 is 0 Å². The highest BCUT2D eigenvalue weighted by Crippen LogP contribution is 2.24. The van der Waals surface area contributed by atoms with Gasteiger partial charge >= 0.3 is 0 Å². The SMILES string of the molecule is N=Nc1[nH]cc2occc12. The number of hydrogen-bond acceptors (Lipinski definition) is 3. The summed E-state index contributed by atoms with van der Waals surface area (Å²) in [5.41, 5.74) is 7.47. The first-order valence-electron chi connectivity index (χ1n) is 2.84. The lowest BCUT2D eigenvalue weighted by Crippen LogP contribution is -1.55. The summed E-state index contributed by atoms with van der Waals surface area (Å²) in [7, 11) is 0. The molecule has 10 heavy (non-hydrogen) atoms. The summed E-state index contributed by atoms with van der Waals surface area (Å²) in [6.07, 6.45) is 3.26. The molecule has 0 unspecified atom stereocenters. The first-order valence-corrected chi connectivity index (χ1v) is 2.84. The van der Waals surface area contributed by atoms with Crippen molar-refractivity contribution in [2.24, 2.45) is 5.11 Å². The average molecular weight is 135 g/mol. The van der Waals surface area contributed by atoms with Crippen molar-refractivity contribution in [3.8, 4) is 0 Å². The molecule has 50 valence electrons. The minimum atomic E-state index is 0.545. The molecule has 0 fully saturated rings. The van der Waals surface area contributed by atoms with E-state index in [4.69, 9.17) is 9.95 Å². The molecule has 0 aromatic carbocycles. The van der Waals surface area contributed by atoms with Crippen molar-refractivity contribution in [1.29, 1.82) is 5.53 Å². The number of rotatable bonds is 1. The third kappa shape index (κ3) is 0.500. The lowest BCUT2D eigenvalue weighted by molar-refractivity contribution is 0.615. The molecule has 2 rings (SSSR count). The molecule has 0 spiro atoms. The van der Waals surface area contributed by atoms with Gasteiger partial charge in [0.25, 0.3) is 0 Å². The van der Waals surface area contributed by atoms with Gasteiger partial charge in [-0.3, -0.25) is 0 Å². The van der Waals surface area contributed by atoms with E-state index in [1.807, 2.05) is 0 Å². The predicted octanol–water partition coefficient (Wildman–Crippen LogP) is 2.42. The molecule has 0 aliphatic heterocycles. The largest absolute Gasteiger partial charge is 0.463 e. The van der Waals surface area contributed by atoms with E-state index in [0.717, 1.165) is 11.0 Å². The van der Waals surface area contributed by atoms with Gasteiger partial charge in [0.1, 0.15) is 0 Å².